The van der Waals surface area contributed by atoms with Gasteiger partial charge in [0, 0.05) is 42.5 Å². The summed E-state index contributed by atoms with van der Waals surface area (Å²) in [6, 6.07) is 19.0. The van der Waals surface area contributed by atoms with E-state index in [0.29, 0.717) is 17.7 Å². The largest absolute Gasteiger partial charge is 0.440 e. The van der Waals surface area contributed by atoms with Crippen molar-refractivity contribution in [2.45, 2.75) is 45.3 Å². The molecule has 38 heavy (non-hydrogen) atoms. The number of aryl methyl sites for hydroxylation is 2. The molecule has 7 heteroatoms. The number of piperidine rings is 3. The second kappa shape index (κ2) is 11.2. The molecule has 0 N–H and O–H groups in total. The van der Waals surface area contributed by atoms with Crippen LogP contribution in [0, 0.1) is 30.3 Å². The van der Waals surface area contributed by atoms with Crippen LogP contribution in [0.25, 0.3) is 0 Å². The highest BCUT2D eigenvalue weighted by Crippen LogP contribution is 2.36. The fourth-order valence-corrected chi connectivity index (χ4v) is 6.04. The third-order valence-electron chi connectivity index (χ3n) is 8.19. The molecular formula is C31H34F3N2O2+. The first-order valence-corrected chi connectivity index (χ1v) is 13.4. The highest BCUT2D eigenvalue weighted by molar-refractivity contribution is 5.87. The lowest BCUT2D eigenvalue weighted by atomic mass is 9.83. The topological polar surface area (TPSA) is 29.5 Å². The minimum absolute atomic E-state index is 0.110. The van der Waals surface area contributed by atoms with Gasteiger partial charge in [-0.25, -0.2) is 18.0 Å². The van der Waals surface area contributed by atoms with Crippen molar-refractivity contribution in [3.8, 4) is 0 Å². The van der Waals surface area contributed by atoms with Gasteiger partial charge >= 0.3 is 6.09 Å². The third kappa shape index (κ3) is 5.88. The second-order valence-electron chi connectivity index (χ2n) is 10.8. The predicted octanol–water partition coefficient (Wildman–Crippen LogP) is 6.80. The molecule has 0 unspecified atom stereocenters. The summed E-state index contributed by atoms with van der Waals surface area (Å²) in [4.78, 5) is 14.9. The number of quaternary nitrogens is 1. The van der Waals surface area contributed by atoms with Crippen LogP contribution in [0.3, 0.4) is 0 Å². The van der Waals surface area contributed by atoms with Gasteiger partial charge in [-0.3, -0.25) is 4.90 Å². The fourth-order valence-electron chi connectivity index (χ4n) is 6.04. The van der Waals surface area contributed by atoms with Crippen molar-refractivity contribution in [3.63, 3.8) is 0 Å². The van der Waals surface area contributed by atoms with E-state index in [1.807, 2.05) is 19.1 Å². The van der Waals surface area contributed by atoms with E-state index >= 15 is 0 Å². The standard InChI is InChI=1S/C31H34F3N2O2/c1-22-7-5-11-26(17-22)35(20-25-18-28(33)29(34)19-27(25)32)31(37)38-30-21-36(15-12-24(30)13-16-36)14-6-10-23-8-3-2-4-9-23/h2-5,7-9,11,17-19,24,30H,6,10,12-16,20-21H2,1H3/q+1/t24?,30-,36?/m0/s1. The molecule has 6 rings (SSSR count). The number of rotatable bonds is 8. The zero-order chi connectivity index (χ0) is 26.7. The minimum atomic E-state index is -1.26. The quantitative estimate of drug-likeness (QED) is 0.240. The van der Waals surface area contributed by atoms with Crippen LogP contribution in [-0.2, 0) is 17.7 Å². The van der Waals surface area contributed by atoms with Crippen molar-refractivity contribution in [1.82, 2.24) is 0 Å². The third-order valence-corrected chi connectivity index (χ3v) is 8.19. The summed E-state index contributed by atoms with van der Waals surface area (Å²) in [5, 5.41) is 0. The van der Waals surface area contributed by atoms with Gasteiger partial charge in [0.15, 0.2) is 17.7 Å². The summed E-state index contributed by atoms with van der Waals surface area (Å²) < 4.78 is 49.1. The number of carbonyl (C=O) groups is 1. The normalized spacial score (nSPS) is 22.3. The summed E-state index contributed by atoms with van der Waals surface area (Å²) in [5.74, 6) is -3.02. The lowest BCUT2D eigenvalue weighted by Crippen LogP contribution is -2.65. The molecule has 2 bridgehead atoms. The van der Waals surface area contributed by atoms with Crippen molar-refractivity contribution in [1.29, 1.82) is 0 Å². The smallest absolute Gasteiger partial charge is 0.415 e. The van der Waals surface area contributed by atoms with Crippen LogP contribution in [0.2, 0.25) is 0 Å². The molecule has 3 heterocycles. The van der Waals surface area contributed by atoms with Gasteiger partial charge in [0.2, 0.25) is 0 Å². The van der Waals surface area contributed by atoms with E-state index in [-0.39, 0.29) is 18.2 Å². The molecule has 0 aromatic heterocycles. The SMILES string of the molecule is Cc1cccc(N(Cc2cc(F)c(F)cc2F)C(=O)O[C@H]2C[N+]3(CCCc4ccccc4)CCC2CC3)c1. The highest BCUT2D eigenvalue weighted by atomic mass is 19.2. The Morgan fingerprint density at radius 1 is 0.947 bits per heavy atom. The van der Waals surface area contributed by atoms with Crippen LogP contribution >= 0.6 is 0 Å². The molecule has 3 aliphatic heterocycles. The molecule has 0 spiro atoms. The van der Waals surface area contributed by atoms with E-state index in [1.54, 1.807) is 18.2 Å². The van der Waals surface area contributed by atoms with E-state index in [4.69, 9.17) is 4.74 Å². The van der Waals surface area contributed by atoms with Gasteiger partial charge in [-0.2, -0.15) is 0 Å². The number of hydrogen-bond donors (Lipinski definition) is 0. The Balaban J connectivity index is 1.31. The Bertz CT molecular complexity index is 1280. The van der Waals surface area contributed by atoms with Crippen LogP contribution < -0.4 is 4.90 Å². The van der Waals surface area contributed by atoms with E-state index in [0.717, 1.165) is 68.0 Å². The van der Waals surface area contributed by atoms with Gasteiger partial charge in [-0.05, 0) is 42.7 Å². The number of benzene rings is 3. The molecule has 3 saturated heterocycles. The van der Waals surface area contributed by atoms with Crippen molar-refractivity contribution in [2.75, 3.05) is 31.1 Å². The predicted molar refractivity (Wildman–Crippen MR) is 141 cm³/mol. The van der Waals surface area contributed by atoms with Gasteiger partial charge < -0.3 is 9.22 Å². The molecule has 4 nitrogen and oxygen atoms in total. The molecule has 3 aliphatic rings. The molecule has 200 valence electrons. The first-order valence-electron chi connectivity index (χ1n) is 13.4. The molecule has 3 fully saturated rings. The maximum atomic E-state index is 14.5. The van der Waals surface area contributed by atoms with Crippen LogP contribution in [0.1, 0.15) is 36.0 Å². The Labute approximate surface area is 222 Å². The molecule has 1 atom stereocenters. The van der Waals surface area contributed by atoms with Crippen LogP contribution in [0.4, 0.5) is 23.7 Å². The van der Waals surface area contributed by atoms with Gasteiger partial charge in [0.1, 0.15) is 12.4 Å². The zero-order valence-corrected chi connectivity index (χ0v) is 21.7. The highest BCUT2D eigenvalue weighted by Gasteiger charge is 2.47. The molecule has 0 aliphatic carbocycles. The number of amides is 1. The average molecular weight is 524 g/mol. The van der Waals surface area contributed by atoms with E-state index < -0.39 is 23.5 Å². The lowest BCUT2D eigenvalue weighted by Gasteiger charge is -2.52. The van der Waals surface area contributed by atoms with Crippen LogP contribution in [-0.4, -0.2) is 42.9 Å². The number of hydrogen-bond acceptors (Lipinski definition) is 2. The van der Waals surface area contributed by atoms with Crippen molar-refractivity contribution >= 4 is 11.8 Å². The second-order valence-corrected chi connectivity index (χ2v) is 10.8. The van der Waals surface area contributed by atoms with Crippen molar-refractivity contribution in [2.24, 2.45) is 5.92 Å². The Morgan fingerprint density at radius 3 is 2.42 bits per heavy atom. The van der Waals surface area contributed by atoms with Crippen molar-refractivity contribution < 1.29 is 27.2 Å². The Hall–Kier alpha value is -3.32. The number of anilines is 1. The summed E-state index contributed by atoms with van der Waals surface area (Å²) in [6.07, 6.45) is 3.28. The maximum absolute atomic E-state index is 14.5. The minimum Gasteiger partial charge on any atom is -0.440 e. The van der Waals surface area contributed by atoms with Crippen molar-refractivity contribution in [3.05, 3.63) is 101 Å². The number of fused-ring (bicyclic) bond motifs is 3. The maximum Gasteiger partial charge on any atom is 0.415 e. The first-order chi connectivity index (χ1) is 18.3. The monoisotopic (exact) mass is 523 g/mol. The first kappa shape index (κ1) is 26.3. The lowest BCUT2D eigenvalue weighted by molar-refractivity contribution is -0.946. The molecule has 0 saturated carbocycles. The van der Waals surface area contributed by atoms with Gasteiger partial charge in [-0.1, -0.05) is 42.5 Å². The van der Waals surface area contributed by atoms with E-state index in [2.05, 4.69) is 24.3 Å². The fraction of sp³-hybridized carbons (Fsp3) is 0.387. The summed E-state index contributed by atoms with van der Waals surface area (Å²) >= 11 is 0. The number of nitrogens with zero attached hydrogens (tertiary/aromatic N) is 2. The van der Waals surface area contributed by atoms with E-state index in [1.165, 1.54) is 10.5 Å². The number of halogens is 3. The van der Waals surface area contributed by atoms with E-state index in [9.17, 15) is 18.0 Å². The number of ether oxygens (including phenoxy) is 1. The summed E-state index contributed by atoms with van der Waals surface area (Å²) in [6.45, 7) is 5.62. The molecular weight excluding hydrogens is 489 g/mol. The average Bonchev–Trinajstić information content (AvgIpc) is 2.91. The summed E-state index contributed by atoms with van der Waals surface area (Å²) in [7, 11) is 0. The Morgan fingerprint density at radius 2 is 1.68 bits per heavy atom. The molecule has 3 aromatic rings. The van der Waals surface area contributed by atoms with Gasteiger partial charge in [0.25, 0.3) is 0 Å². The molecule has 0 radical (unpaired) electrons. The molecule has 1 amide bonds. The van der Waals surface area contributed by atoms with Crippen LogP contribution in [0.15, 0.2) is 66.7 Å². The Kier molecular flexibility index (Phi) is 7.75. The van der Waals surface area contributed by atoms with Gasteiger partial charge in [-0.15, -0.1) is 0 Å². The van der Waals surface area contributed by atoms with Crippen LogP contribution in [0.5, 0.6) is 0 Å². The molecule has 3 aromatic carbocycles. The number of carbonyl (C=O) groups excluding carboxylic acids is 1. The zero-order valence-electron chi connectivity index (χ0n) is 21.7. The summed E-state index contributed by atoms with van der Waals surface area (Å²) in [5.41, 5.74) is 2.66. The van der Waals surface area contributed by atoms with Gasteiger partial charge in [0.05, 0.1) is 26.2 Å².